The maximum Gasteiger partial charge on any atom is 0.329 e. The van der Waals surface area contributed by atoms with Gasteiger partial charge in [-0.05, 0) is 12.8 Å². The molecular weight excluding hydrogens is 228 g/mol. The molecule has 92 valence electrons. The van der Waals surface area contributed by atoms with Gasteiger partial charge in [0.05, 0.1) is 0 Å². The summed E-state index contributed by atoms with van der Waals surface area (Å²) in [5.74, 6) is -1.15. The number of nitrogens with zero attached hydrogens (tertiary/aromatic N) is 1. The second-order valence-corrected chi connectivity index (χ2v) is 3.95. The molecule has 1 aromatic heterocycles. The normalized spacial score (nSPS) is 16.5. The number of carboxylic acid groups (broad SMARTS) is 1. The van der Waals surface area contributed by atoms with Crippen molar-refractivity contribution in [1.29, 1.82) is 0 Å². The van der Waals surface area contributed by atoms with Gasteiger partial charge in [0.1, 0.15) is 12.1 Å². The number of rotatable bonds is 5. The molecule has 0 atom stereocenters. The Morgan fingerprint density at radius 3 is 2.88 bits per heavy atom. The highest BCUT2D eigenvalue weighted by molar-refractivity contribution is 5.97. The van der Waals surface area contributed by atoms with Crippen LogP contribution < -0.4 is 5.32 Å². The molecule has 7 nitrogen and oxygen atoms in total. The van der Waals surface area contributed by atoms with Crippen LogP contribution in [0, 0.1) is 0 Å². The van der Waals surface area contributed by atoms with E-state index < -0.39 is 17.4 Å². The van der Waals surface area contributed by atoms with Crippen LogP contribution in [0.3, 0.4) is 0 Å². The van der Waals surface area contributed by atoms with Crippen molar-refractivity contribution in [2.75, 3.05) is 7.11 Å². The Morgan fingerprint density at radius 1 is 1.65 bits per heavy atom. The molecule has 0 bridgehead atoms. The van der Waals surface area contributed by atoms with E-state index in [0.717, 1.165) is 0 Å². The van der Waals surface area contributed by atoms with Gasteiger partial charge in [0.2, 0.25) is 0 Å². The lowest BCUT2D eigenvalue weighted by Crippen LogP contribution is -2.43. The zero-order valence-electron chi connectivity index (χ0n) is 9.23. The third-order valence-electron chi connectivity index (χ3n) is 2.59. The highest BCUT2D eigenvalue weighted by Gasteiger charge is 2.52. The number of aromatic nitrogens is 1. The summed E-state index contributed by atoms with van der Waals surface area (Å²) in [7, 11) is 1.49. The van der Waals surface area contributed by atoms with Gasteiger partial charge in [-0.3, -0.25) is 4.79 Å². The molecule has 17 heavy (non-hydrogen) atoms. The molecule has 0 spiro atoms. The minimum Gasteiger partial charge on any atom is -0.480 e. The number of aliphatic carboxylic acids is 1. The first kappa shape index (κ1) is 11.6. The number of methoxy groups -OCH3 is 1. The number of ether oxygens (including phenoxy) is 1. The van der Waals surface area contributed by atoms with Gasteiger partial charge in [0.15, 0.2) is 11.5 Å². The molecule has 1 aliphatic rings. The van der Waals surface area contributed by atoms with Gasteiger partial charge in [-0.15, -0.1) is 0 Å². The maximum absolute atomic E-state index is 11.7. The summed E-state index contributed by atoms with van der Waals surface area (Å²) < 4.78 is 9.65. The van der Waals surface area contributed by atoms with Crippen LogP contribution >= 0.6 is 0 Å². The molecule has 1 amide bonds. The standard InChI is InChI=1S/C10H12N2O5/c1-16-5-6-4-7(12-17-6)8(13)11-10(2-3-10)9(14)15/h4H,2-3,5H2,1H3,(H,11,13)(H,14,15). The summed E-state index contributed by atoms with van der Waals surface area (Å²) in [5.41, 5.74) is -1.05. The molecule has 1 aliphatic carbocycles. The van der Waals surface area contributed by atoms with Gasteiger partial charge in [0, 0.05) is 13.2 Å². The van der Waals surface area contributed by atoms with Crippen molar-refractivity contribution in [2.24, 2.45) is 0 Å². The lowest BCUT2D eigenvalue weighted by Gasteiger charge is -2.10. The number of nitrogens with one attached hydrogen (secondary N) is 1. The summed E-state index contributed by atoms with van der Waals surface area (Å²) in [6.45, 7) is 0.213. The number of carboxylic acids is 1. The molecule has 7 heteroatoms. The Labute approximate surface area is 96.7 Å². The van der Waals surface area contributed by atoms with Crippen LogP contribution in [-0.2, 0) is 16.1 Å². The van der Waals surface area contributed by atoms with E-state index in [1.807, 2.05) is 0 Å². The Hall–Kier alpha value is -1.89. The second kappa shape index (κ2) is 4.17. The van der Waals surface area contributed by atoms with Gasteiger partial charge in [-0.1, -0.05) is 5.16 Å². The van der Waals surface area contributed by atoms with Crippen molar-refractivity contribution >= 4 is 11.9 Å². The third-order valence-corrected chi connectivity index (χ3v) is 2.59. The first-order valence-electron chi connectivity index (χ1n) is 5.08. The zero-order valence-corrected chi connectivity index (χ0v) is 9.23. The molecular formula is C10H12N2O5. The van der Waals surface area contributed by atoms with Gasteiger partial charge in [0.25, 0.3) is 5.91 Å². The molecule has 2 rings (SSSR count). The van der Waals surface area contributed by atoms with E-state index in [1.54, 1.807) is 0 Å². The van der Waals surface area contributed by atoms with Crippen molar-refractivity contribution < 1.29 is 24.0 Å². The summed E-state index contributed by atoms with van der Waals surface area (Å²) in [6.07, 6.45) is 0.883. The molecule has 1 aromatic rings. The summed E-state index contributed by atoms with van der Waals surface area (Å²) >= 11 is 0. The predicted molar refractivity (Wildman–Crippen MR) is 54.3 cm³/mol. The van der Waals surface area contributed by atoms with Crippen LogP contribution in [0.25, 0.3) is 0 Å². The minimum absolute atomic E-state index is 0.0598. The molecule has 2 N–H and O–H groups in total. The predicted octanol–water partition coefficient (Wildman–Crippen LogP) is 0.168. The highest BCUT2D eigenvalue weighted by atomic mass is 16.5. The lowest BCUT2D eigenvalue weighted by molar-refractivity contribution is -0.140. The van der Waals surface area contributed by atoms with E-state index in [-0.39, 0.29) is 12.3 Å². The fourth-order valence-corrected chi connectivity index (χ4v) is 1.43. The number of hydrogen-bond acceptors (Lipinski definition) is 5. The van der Waals surface area contributed by atoms with Crippen molar-refractivity contribution in [2.45, 2.75) is 25.0 Å². The van der Waals surface area contributed by atoms with Crippen LogP contribution in [0.5, 0.6) is 0 Å². The van der Waals surface area contributed by atoms with E-state index in [4.69, 9.17) is 14.4 Å². The fourth-order valence-electron chi connectivity index (χ4n) is 1.43. The molecule has 0 saturated heterocycles. The molecule has 0 aliphatic heterocycles. The smallest absolute Gasteiger partial charge is 0.329 e. The quantitative estimate of drug-likeness (QED) is 0.760. The average Bonchev–Trinajstić information content (AvgIpc) is 2.90. The van der Waals surface area contributed by atoms with Gasteiger partial charge in [-0.2, -0.15) is 0 Å². The lowest BCUT2D eigenvalue weighted by atomic mass is 10.2. The molecule has 0 unspecified atom stereocenters. The largest absolute Gasteiger partial charge is 0.480 e. The van der Waals surface area contributed by atoms with Crippen molar-refractivity contribution in [3.8, 4) is 0 Å². The van der Waals surface area contributed by atoms with E-state index >= 15 is 0 Å². The molecule has 0 aromatic carbocycles. The highest BCUT2D eigenvalue weighted by Crippen LogP contribution is 2.35. The monoisotopic (exact) mass is 240 g/mol. The summed E-state index contributed by atoms with van der Waals surface area (Å²) in [4.78, 5) is 22.6. The van der Waals surface area contributed by atoms with Gasteiger partial charge >= 0.3 is 5.97 Å². The van der Waals surface area contributed by atoms with Crippen LogP contribution in [0.1, 0.15) is 29.1 Å². The summed E-state index contributed by atoms with van der Waals surface area (Å²) in [5, 5.41) is 14.9. The third kappa shape index (κ3) is 2.28. The van der Waals surface area contributed by atoms with Crippen molar-refractivity contribution in [3.63, 3.8) is 0 Å². The van der Waals surface area contributed by atoms with Gasteiger partial charge < -0.3 is 19.7 Å². The molecule has 1 saturated carbocycles. The Balaban J connectivity index is 2.02. The van der Waals surface area contributed by atoms with E-state index in [0.29, 0.717) is 18.6 Å². The number of hydrogen-bond donors (Lipinski definition) is 2. The molecule has 1 heterocycles. The average molecular weight is 240 g/mol. The zero-order chi connectivity index (χ0) is 12.5. The fraction of sp³-hybridized carbons (Fsp3) is 0.500. The summed E-state index contributed by atoms with van der Waals surface area (Å²) in [6, 6.07) is 1.43. The Kier molecular flexibility index (Phi) is 2.84. The first-order chi connectivity index (χ1) is 8.07. The minimum atomic E-state index is -1.11. The van der Waals surface area contributed by atoms with E-state index in [2.05, 4.69) is 10.5 Å². The van der Waals surface area contributed by atoms with Crippen molar-refractivity contribution in [1.82, 2.24) is 10.5 Å². The Bertz CT molecular complexity index is 449. The number of amides is 1. The first-order valence-corrected chi connectivity index (χ1v) is 5.08. The van der Waals surface area contributed by atoms with Gasteiger partial charge in [-0.25, -0.2) is 4.79 Å². The van der Waals surface area contributed by atoms with Crippen LogP contribution in [0.15, 0.2) is 10.6 Å². The van der Waals surface area contributed by atoms with Crippen LogP contribution in [-0.4, -0.2) is 34.8 Å². The van der Waals surface area contributed by atoms with Crippen molar-refractivity contribution in [3.05, 3.63) is 17.5 Å². The molecule has 0 radical (unpaired) electrons. The topological polar surface area (TPSA) is 102 Å². The SMILES string of the molecule is COCc1cc(C(=O)NC2(C(=O)O)CC2)no1. The van der Waals surface area contributed by atoms with E-state index in [9.17, 15) is 9.59 Å². The van der Waals surface area contributed by atoms with Crippen LogP contribution in [0.2, 0.25) is 0 Å². The van der Waals surface area contributed by atoms with Crippen LogP contribution in [0.4, 0.5) is 0 Å². The van der Waals surface area contributed by atoms with E-state index in [1.165, 1.54) is 13.2 Å². The molecule has 1 fully saturated rings. The number of carbonyl (C=O) groups is 2. The number of carbonyl (C=O) groups excluding carboxylic acids is 1. The second-order valence-electron chi connectivity index (χ2n) is 3.95. The maximum atomic E-state index is 11.7. The Morgan fingerprint density at radius 2 is 2.35 bits per heavy atom.